The fourth-order valence-electron chi connectivity index (χ4n) is 1.71. The molecular weight excluding hydrogens is 485 g/mol. The Labute approximate surface area is 143 Å². The molecule has 0 spiro atoms. The van der Waals surface area contributed by atoms with E-state index in [1.165, 1.54) is 9.13 Å². The summed E-state index contributed by atoms with van der Waals surface area (Å²) in [5.74, 6) is 0.818. The van der Waals surface area contributed by atoms with Crippen LogP contribution >= 0.6 is 54.5 Å². The summed E-state index contributed by atoms with van der Waals surface area (Å²) in [6.45, 7) is 0.765. The second kappa shape index (κ2) is 6.95. The molecule has 0 saturated carbocycles. The molecule has 5 heteroatoms. The van der Waals surface area contributed by atoms with E-state index < -0.39 is 0 Å². The molecule has 0 aromatic heterocycles. The molecule has 2 nitrogen and oxygen atoms in total. The SMILES string of the molecule is COc1c(Br)cc(CNc2cccc(I)c2)cc1Br. The third-order valence-electron chi connectivity index (χ3n) is 2.58. The van der Waals surface area contributed by atoms with Crippen LogP contribution in [-0.2, 0) is 6.54 Å². The van der Waals surface area contributed by atoms with Crippen LogP contribution < -0.4 is 10.1 Å². The van der Waals surface area contributed by atoms with Gasteiger partial charge < -0.3 is 10.1 Å². The molecule has 0 aliphatic carbocycles. The van der Waals surface area contributed by atoms with Crippen LogP contribution in [0.15, 0.2) is 45.3 Å². The van der Waals surface area contributed by atoms with Crippen LogP contribution in [0, 0.1) is 3.57 Å². The topological polar surface area (TPSA) is 21.3 Å². The first-order chi connectivity index (χ1) is 9.10. The van der Waals surface area contributed by atoms with Gasteiger partial charge in [0.25, 0.3) is 0 Å². The van der Waals surface area contributed by atoms with Gasteiger partial charge in [0.05, 0.1) is 16.1 Å². The molecule has 0 heterocycles. The van der Waals surface area contributed by atoms with Gasteiger partial charge in [-0.1, -0.05) is 6.07 Å². The summed E-state index contributed by atoms with van der Waals surface area (Å²) in [5.41, 5.74) is 2.30. The van der Waals surface area contributed by atoms with E-state index in [1.807, 2.05) is 6.07 Å². The lowest BCUT2D eigenvalue weighted by Gasteiger charge is -2.11. The van der Waals surface area contributed by atoms with Crippen molar-refractivity contribution in [3.05, 3.63) is 54.5 Å². The Morgan fingerprint density at radius 1 is 1.16 bits per heavy atom. The van der Waals surface area contributed by atoms with Crippen LogP contribution in [0.1, 0.15) is 5.56 Å². The molecule has 0 unspecified atom stereocenters. The summed E-state index contributed by atoms with van der Waals surface area (Å²) in [6, 6.07) is 12.4. The number of ether oxygens (including phenoxy) is 1. The third kappa shape index (κ3) is 4.10. The first-order valence-electron chi connectivity index (χ1n) is 5.61. The van der Waals surface area contributed by atoms with E-state index in [-0.39, 0.29) is 0 Å². The highest BCUT2D eigenvalue weighted by molar-refractivity contribution is 14.1. The Bertz CT molecular complexity index is 566. The van der Waals surface area contributed by atoms with Gasteiger partial charge in [0.15, 0.2) is 0 Å². The molecule has 0 radical (unpaired) electrons. The highest BCUT2D eigenvalue weighted by Gasteiger charge is 2.07. The zero-order valence-electron chi connectivity index (χ0n) is 10.2. The van der Waals surface area contributed by atoms with Gasteiger partial charge in [-0.25, -0.2) is 0 Å². The monoisotopic (exact) mass is 495 g/mol. The second-order valence-corrected chi connectivity index (χ2v) is 6.91. The van der Waals surface area contributed by atoms with Crippen molar-refractivity contribution < 1.29 is 4.74 Å². The van der Waals surface area contributed by atoms with E-state index >= 15 is 0 Å². The van der Waals surface area contributed by atoms with E-state index in [0.29, 0.717) is 0 Å². The first kappa shape index (κ1) is 15.1. The van der Waals surface area contributed by atoms with Crippen molar-refractivity contribution >= 4 is 60.1 Å². The molecule has 2 aromatic carbocycles. The van der Waals surface area contributed by atoms with E-state index in [0.717, 1.165) is 26.9 Å². The Kier molecular flexibility index (Phi) is 5.53. The fourth-order valence-corrected chi connectivity index (χ4v) is 3.86. The molecule has 0 saturated heterocycles. The molecule has 100 valence electrons. The van der Waals surface area contributed by atoms with Crippen LogP contribution in [0.25, 0.3) is 0 Å². The maximum absolute atomic E-state index is 5.29. The minimum absolute atomic E-state index is 0.765. The van der Waals surface area contributed by atoms with Crippen LogP contribution in [0.4, 0.5) is 5.69 Å². The molecule has 0 fully saturated rings. The molecule has 0 atom stereocenters. The van der Waals surface area contributed by atoms with E-state index in [4.69, 9.17) is 4.74 Å². The predicted octanol–water partition coefficient (Wildman–Crippen LogP) is 5.44. The Balaban J connectivity index is 2.12. The second-order valence-electron chi connectivity index (χ2n) is 3.96. The van der Waals surface area contributed by atoms with Crippen molar-refractivity contribution in [1.82, 2.24) is 0 Å². The quantitative estimate of drug-likeness (QED) is 0.569. The van der Waals surface area contributed by atoms with Crippen molar-refractivity contribution in [3.8, 4) is 5.75 Å². The Hall–Kier alpha value is -0.270. The highest BCUT2D eigenvalue weighted by Crippen LogP contribution is 2.34. The van der Waals surface area contributed by atoms with E-state index in [1.54, 1.807) is 7.11 Å². The number of rotatable bonds is 4. The summed E-state index contributed by atoms with van der Waals surface area (Å²) in [5, 5.41) is 3.41. The summed E-state index contributed by atoms with van der Waals surface area (Å²) < 4.78 is 8.41. The lowest BCUT2D eigenvalue weighted by molar-refractivity contribution is 0.409. The number of anilines is 1. The zero-order valence-corrected chi connectivity index (χ0v) is 15.5. The summed E-state index contributed by atoms with van der Waals surface area (Å²) >= 11 is 9.33. The van der Waals surface area contributed by atoms with Crippen molar-refractivity contribution in [2.45, 2.75) is 6.54 Å². The maximum atomic E-state index is 5.29. The van der Waals surface area contributed by atoms with Gasteiger partial charge in [-0.15, -0.1) is 0 Å². The van der Waals surface area contributed by atoms with Gasteiger partial charge >= 0.3 is 0 Å². The molecule has 0 amide bonds. The number of nitrogens with one attached hydrogen (secondary N) is 1. The zero-order chi connectivity index (χ0) is 13.8. The molecule has 0 aliphatic heterocycles. The molecule has 2 aromatic rings. The lowest BCUT2D eigenvalue weighted by atomic mass is 10.2. The van der Waals surface area contributed by atoms with E-state index in [9.17, 15) is 0 Å². The Morgan fingerprint density at radius 2 is 1.84 bits per heavy atom. The van der Waals surface area contributed by atoms with Gasteiger partial charge in [0.2, 0.25) is 0 Å². The molecule has 19 heavy (non-hydrogen) atoms. The van der Waals surface area contributed by atoms with Gasteiger partial charge in [0, 0.05) is 15.8 Å². The normalized spacial score (nSPS) is 10.3. The lowest BCUT2D eigenvalue weighted by Crippen LogP contribution is -2.00. The fraction of sp³-hybridized carbons (Fsp3) is 0.143. The average Bonchev–Trinajstić information content (AvgIpc) is 2.36. The van der Waals surface area contributed by atoms with Gasteiger partial charge in [-0.2, -0.15) is 0 Å². The van der Waals surface area contributed by atoms with Gasteiger partial charge in [-0.05, 0) is 90.3 Å². The predicted molar refractivity (Wildman–Crippen MR) is 94.9 cm³/mol. The number of hydrogen-bond donors (Lipinski definition) is 1. The van der Waals surface area contributed by atoms with Crippen LogP contribution in [0.3, 0.4) is 0 Å². The average molecular weight is 497 g/mol. The standard InChI is InChI=1S/C14H12Br2INO/c1-19-14-12(15)5-9(6-13(14)16)8-18-11-4-2-3-10(17)7-11/h2-7,18H,8H2,1H3. The summed E-state index contributed by atoms with van der Waals surface area (Å²) in [4.78, 5) is 0. The number of methoxy groups -OCH3 is 1. The smallest absolute Gasteiger partial charge is 0.147 e. The summed E-state index contributed by atoms with van der Waals surface area (Å²) in [6.07, 6.45) is 0. The highest BCUT2D eigenvalue weighted by atomic mass is 127. The molecule has 0 bridgehead atoms. The minimum Gasteiger partial charge on any atom is -0.494 e. The molecule has 1 N–H and O–H groups in total. The summed E-state index contributed by atoms with van der Waals surface area (Å²) in [7, 11) is 1.66. The van der Waals surface area contributed by atoms with Gasteiger partial charge in [0.1, 0.15) is 5.75 Å². The van der Waals surface area contributed by atoms with E-state index in [2.05, 4.69) is 90.1 Å². The first-order valence-corrected chi connectivity index (χ1v) is 8.28. The number of hydrogen-bond acceptors (Lipinski definition) is 2. The maximum Gasteiger partial charge on any atom is 0.147 e. The largest absolute Gasteiger partial charge is 0.494 e. The number of halogens is 3. The number of benzene rings is 2. The van der Waals surface area contributed by atoms with Crippen LogP contribution in [-0.4, -0.2) is 7.11 Å². The minimum atomic E-state index is 0.765. The van der Waals surface area contributed by atoms with Crippen molar-refractivity contribution in [1.29, 1.82) is 0 Å². The Morgan fingerprint density at radius 3 is 2.42 bits per heavy atom. The third-order valence-corrected chi connectivity index (χ3v) is 4.43. The van der Waals surface area contributed by atoms with Crippen LogP contribution in [0.2, 0.25) is 0 Å². The van der Waals surface area contributed by atoms with Crippen molar-refractivity contribution in [3.63, 3.8) is 0 Å². The van der Waals surface area contributed by atoms with Crippen molar-refractivity contribution in [2.75, 3.05) is 12.4 Å². The molecule has 2 rings (SSSR count). The van der Waals surface area contributed by atoms with Gasteiger partial charge in [-0.3, -0.25) is 0 Å². The van der Waals surface area contributed by atoms with Crippen molar-refractivity contribution in [2.24, 2.45) is 0 Å². The van der Waals surface area contributed by atoms with Crippen LogP contribution in [0.5, 0.6) is 5.75 Å². The molecule has 0 aliphatic rings. The molecular formula is C14H12Br2INO.